The number of aromatic nitrogens is 2. The molecule has 0 saturated heterocycles. The van der Waals surface area contributed by atoms with Crippen LogP contribution in [0.5, 0.6) is 0 Å². The zero-order valence-corrected chi connectivity index (χ0v) is 11.7. The fraction of sp³-hybridized carbons (Fsp3) is 0.167. The van der Waals surface area contributed by atoms with E-state index in [0.29, 0.717) is 16.3 Å². The van der Waals surface area contributed by atoms with Crippen LogP contribution in [0.4, 0.5) is 0 Å². The van der Waals surface area contributed by atoms with Gasteiger partial charge in [0.1, 0.15) is 5.69 Å². The molecule has 5 heteroatoms. The minimum absolute atomic E-state index is 0.134. The van der Waals surface area contributed by atoms with Crippen molar-refractivity contribution < 1.29 is 4.79 Å². The molecule has 2 aromatic rings. The third-order valence-corrected chi connectivity index (χ3v) is 3.44. The quantitative estimate of drug-likeness (QED) is 0.797. The molecule has 0 N–H and O–H groups in total. The molecule has 0 aliphatic carbocycles. The normalized spacial score (nSPS) is 10.6. The predicted octanol–water partition coefficient (Wildman–Crippen LogP) is 3.38. The lowest BCUT2D eigenvalue weighted by Crippen LogP contribution is -2.09. The number of nitrogens with zero attached hydrogens (tertiary/aromatic N) is 2. The molecule has 3 nitrogen and oxygen atoms in total. The van der Waals surface area contributed by atoms with E-state index in [2.05, 4.69) is 21.0 Å². The van der Waals surface area contributed by atoms with Gasteiger partial charge in [-0.05, 0) is 19.1 Å². The summed E-state index contributed by atoms with van der Waals surface area (Å²) in [4.78, 5) is 12.3. The van der Waals surface area contributed by atoms with E-state index in [9.17, 15) is 4.79 Å². The predicted molar refractivity (Wildman–Crippen MR) is 70.5 cm³/mol. The standard InChI is InChI=1S/C12H10BrClN2O/c1-7-3-4-9(13)8(5-7)12(17)11-10(14)6-15-16(11)2/h3-6H,1-2H3. The maximum atomic E-state index is 12.3. The van der Waals surface area contributed by atoms with Crippen molar-refractivity contribution in [3.05, 3.63) is 50.7 Å². The number of benzene rings is 1. The van der Waals surface area contributed by atoms with Gasteiger partial charge in [0.2, 0.25) is 5.78 Å². The van der Waals surface area contributed by atoms with E-state index in [-0.39, 0.29) is 5.78 Å². The summed E-state index contributed by atoms with van der Waals surface area (Å²) in [6.07, 6.45) is 1.47. The van der Waals surface area contributed by atoms with Crippen LogP contribution in [0.25, 0.3) is 0 Å². The summed E-state index contributed by atoms with van der Waals surface area (Å²) >= 11 is 9.33. The lowest BCUT2D eigenvalue weighted by Gasteiger charge is -2.06. The zero-order chi connectivity index (χ0) is 12.6. The highest BCUT2D eigenvalue weighted by Gasteiger charge is 2.19. The lowest BCUT2D eigenvalue weighted by atomic mass is 10.1. The van der Waals surface area contributed by atoms with Crippen LogP contribution >= 0.6 is 27.5 Å². The highest BCUT2D eigenvalue weighted by molar-refractivity contribution is 9.10. The second kappa shape index (κ2) is 4.63. The highest BCUT2D eigenvalue weighted by Crippen LogP contribution is 2.24. The molecule has 0 amide bonds. The minimum atomic E-state index is -0.134. The van der Waals surface area contributed by atoms with Crippen LogP contribution in [0.3, 0.4) is 0 Å². The van der Waals surface area contributed by atoms with E-state index in [0.717, 1.165) is 10.0 Å². The number of carbonyl (C=O) groups is 1. The number of ketones is 1. The third-order valence-electron chi connectivity index (χ3n) is 2.48. The molecule has 1 aromatic heterocycles. The van der Waals surface area contributed by atoms with E-state index in [1.807, 2.05) is 25.1 Å². The summed E-state index contributed by atoms with van der Waals surface area (Å²) in [5.74, 6) is -0.134. The third kappa shape index (κ3) is 2.28. The Kier molecular flexibility index (Phi) is 3.35. The molecule has 0 aliphatic rings. The Labute approximate surface area is 113 Å². The second-order valence-electron chi connectivity index (χ2n) is 3.78. The van der Waals surface area contributed by atoms with E-state index in [1.54, 1.807) is 7.05 Å². The molecule has 0 radical (unpaired) electrons. The van der Waals surface area contributed by atoms with Crippen molar-refractivity contribution in [1.82, 2.24) is 9.78 Å². The molecule has 17 heavy (non-hydrogen) atoms. The first-order chi connectivity index (χ1) is 8.00. The van der Waals surface area contributed by atoms with Crippen LogP contribution in [-0.2, 0) is 7.05 Å². The topological polar surface area (TPSA) is 34.9 Å². The van der Waals surface area contributed by atoms with Gasteiger partial charge in [0, 0.05) is 17.1 Å². The van der Waals surface area contributed by atoms with Crippen LogP contribution in [0.15, 0.2) is 28.9 Å². The number of halogens is 2. The average Bonchev–Trinajstić information content (AvgIpc) is 2.61. The van der Waals surface area contributed by atoms with Crippen LogP contribution in [0, 0.1) is 6.92 Å². The maximum absolute atomic E-state index is 12.3. The van der Waals surface area contributed by atoms with Gasteiger partial charge in [-0.2, -0.15) is 5.10 Å². The molecule has 1 aromatic carbocycles. The maximum Gasteiger partial charge on any atom is 0.213 e. The fourth-order valence-electron chi connectivity index (χ4n) is 1.61. The lowest BCUT2D eigenvalue weighted by molar-refractivity contribution is 0.102. The number of hydrogen-bond acceptors (Lipinski definition) is 2. The van der Waals surface area contributed by atoms with E-state index < -0.39 is 0 Å². The van der Waals surface area contributed by atoms with E-state index in [1.165, 1.54) is 10.9 Å². The summed E-state index contributed by atoms with van der Waals surface area (Å²) in [6.45, 7) is 1.94. The van der Waals surface area contributed by atoms with Crippen LogP contribution in [-0.4, -0.2) is 15.6 Å². The number of aryl methyl sites for hydroxylation is 2. The first-order valence-electron chi connectivity index (χ1n) is 4.99. The van der Waals surface area contributed by atoms with Gasteiger partial charge < -0.3 is 0 Å². The first-order valence-corrected chi connectivity index (χ1v) is 6.16. The smallest absolute Gasteiger partial charge is 0.213 e. The molecule has 0 saturated carbocycles. The molecule has 0 fully saturated rings. The van der Waals surface area contributed by atoms with Crippen molar-refractivity contribution in [1.29, 1.82) is 0 Å². The Bertz CT molecular complexity index is 573. The zero-order valence-electron chi connectivity index (χ0n) is 9.37. The van der Waals surface area contributed by atoms with Gasteiger partial charge in [0.25, 0.3) is 0 Å². The summed E-state index contributed by atoms with van der Waals surface area (Å²) in [6, 6.07) is 5.62. The van der Waals surface area contributed by atoms with Gasteiger partial charge in [-0.1, -0.05) is 39.2 Å². The van der Waals surface area contributed by atoms with Crippen LogP contribution in [0.2, 0.25) is 5.02 Å². The van der Waals surface area contributed by atoms with Gasteiger partial charge in [-0.3, -0.25) is 9.48 Å². The van der Waals surface area contributed by atoms with Gasteiger partial charge in [0.15, 0.2) is 0 Å². The molecular formula is C12H10BrClN2O. The summed E-state index contributed by atoms with van der Waals surface area (Å²) in [5, 5.41) is 4.33. The molecule has 0 bridgehead atoms. The largest absolute Gasteiger partial charge is 0.287 e. The molecule has 0 unspecified atom stereocenters. The van der Waals surface area contributed by atoms with Crippen molar-refractivity contribution in [2.24, 2.45) is 7.05 Å². The summed E-state index contributed by atoms with van der Waals surface area (Å²) in [5.41, 5.74) is 2.02. The van der Waals surface area contributed by atoms with Gasteiger partial charge >= 0.3 is 0 Å². The molecule has 0 aliphatic heterocycles. The van der Waals surface area contributed by atoms with Gasteiger partial charge in [-0.25, -0.2) is 0 Å². The second-order valence-corrected chi connectivity index (χ2v) is 5.04. The van der Waals surface area contributed by atoms with Crippen molar-refractivity contribution in [2.45, 2.75) is 6.92 Å². The van der Waals surface area contributed by atoms with E-state index in [4.69, 9.17) is 11.6 Å². The van der Waals surface area contributed by atoms with Crippen LogP contribution in [0.1, 0.15) is 21.6 Å². The number of hydrogen-bond donors (Lipinski definition) is 0. The minimum Gasteiger partial charge on any atom is -0.287 e. The van der Waals surface area contributed by atoms with Crippen molar-refractivity contribution in [3.8, 4) is 0 Å². The van der Waals surface area contributed by atoms with E-state index >= 15 is 0 Å². The molecule has 2 rings (SSSR count). The molecule has 0 atom stereocenters. The SMILES string of the molecule is Cc1ccc(Br)c(C(=O)c2c(Cl)cnn2C)c1. The molecular weight excluding hydrogens is 304 g/mol. The number of carbonyl (C=O) groups excluding carboxylic acids is 1. The van der Waals surface area contributed by atoms with Crippen molar-refractivity contribution >= 4 is 33.3 Å². The van der Waals surface area contributed by atoms with Crippen molar-refractivity contribution in [3.63, 3.8) is 0 Å². The average molecular weight is 314 g/mol. The van der Waals surface area contributed by atoms with Crippen LogP contribution < -0.4 is 0 Å². The molecule has 1 heterocycles. The Morgan fingerprint density at radius 1 is 1.47 bits per heavy atom. The number of rotatable bonds is 2. The first kappa shape index (κ1) is 12.3. The van der Waals surface area contributed by atoms with Gasteiger partial charge in [-0.15, -0.1) is 0 Å². The highest BCUT2D eigenvalue weighted by atomic mass is 79.9. The van der Waals surface area contributed by atoms with Gasteiger partial charge in [0.05, 0.1) is 11.2 Å². The Morgan fingerprint density at radius 2 is 2.18 bits per heavy atom. The Balaban J connectivity index is 2.55. The Morgan fingerprint density at radius 3 is 2.76 bits per heavy atom. The fourth-order valence-corrected chi connectivity index (χ4v) is 2.29. The Hall–Kier alpha value is -1.13. The monoisotopic (exact) mass is 312 g/mol. The van der Waals surface area contributed by atoms with Crippen molar-refractivity contribution in [2.75, 3.05) is 0 Å². The summed E-state index contributed by atoms with van der Waals surface area (Å²) in [7, 11) is 1.70. The molecule has 0 spiro atoms. The molecule has 88 valence electrons. The summed E-state index contributed by atoms with van der Waals surface area (Å²) < 4.78 is 2.24.